The third kappa shape index (κ3) is 2.51. The average molecular weight is 357 g/mol. The first-order chi connectivity index (χ1) is 12.6. The molecule has 0 aliphatic carbocycles. The molecule has 138 valence electrons. The third-order valence-electron chi connectivity index (χ3n) is 5.50. The lowest BCUT2D eigenvalue weighted by Crippen LogP contribution is -2.40. The summed E-state index contributed by atoms with van der Waals surface area (Å²) < 4.78 is 16.7. The van der Waals surface area contributed by atoms with E-state index < -0.39 is 17.4 Å². The number of hydrogen-bond acceptors (Lipinski definition) is 5. The van der Waals surface area contributed by atoms with Gasteiger partial charge in [0, 0.05) is 5.69 Å². The largest absolute Gasteiger partial charge is 0.497 e. The standard InChI is InChI=1S/C20H23NO5/c1-3-4-11-25-19(23)16-15-9-10-20(26-15)12-21(18(22)17(16)20)13-5-7-14(24-2)8-6-13/h5-10,15-17H,3-4,11-12H2,1-2H3/t15-,16+,17+,20+/m1/s1. The molecule has 2 fully saturated rings. The maximum atomic E-state index is 13.1. The number of esters is 1. The zero-order chi connectivity index (χ0) is 18.3. The van der Waals surface area contributed by atoms with E-state index >= 15 is 0 Å². The SMILES string of the molecule is CCCCOC(=O)[C@@H]1[C@H]2C(=O)N(c3ccc(OC)cc3)C[C@@]23C=C[C@H]1O3. The molecule has 4 rings (SSSR count). The lowest BCUT2D eigenvalue weighted by atomic mass is 9.77. The van der Waals surface area contributed by atoms with Crippen LogP contribution in [-0.4, -0.2) is 43.8 Å². The van der Waals surface area contributed by atoms with Crippen LogP contribution in [0, 0.1) is 11.8 Å². The maximum Gasteiger partial charge on any atom is 0.312 e. The second kappa shape index (κ2) is 6.43. The number of nitrogens with zero attached hydrogens (tertiary/aromatic N) is 1. The van der Waals surface area contributed by atoms with Gasteiger partial charge in [-0.15, -0.1) is 0 Å². The molecule has 0 radical (unpaired) electrons. The van der Waals surface area contributed by atoms with E-state index in [1.54, 1.807) is 12.0 Å². The topological polar surface area (TPSA) is 65.1 Å². The van der Waals surface area contributed by atoms with Gasteiger partial charge >= 0.3 is 5.97 Å². The van der Waals surface area contributed by atoms with Crippen molar-refractivity contribution in [3.05, 3.63) is 36.4 Å². The molecular weight excluding hydrogens is 334 g/mol. The van der Waals surface area contributed by atoms with E-state index in [2.05, 4.69) is 0 Å². The molecule has 0 aromatic heterocycles. The molecule has 26 heavy (non-hydrogen) atoms. The minimum Gasteiger partial charge on any atom is -0.497 e. The normalized spacial score (nSPS) is 31.4. The van der Waals surface area contributed by atoms with Crippen molar-refractivity contribution in [1.82, 2.24) is 0 Å². The Hall–Kier alpha value is -2.34. The van der Waals surface area contributed by atoms with Crippen LogP contribution < -0.4 is 9.64 Å². The second-order valence-corrected chi connectivity index (χ2v) is 7.04. The molecule has 0 saturated carbocycles. The second-order valence-electron chi connectivity index (χ2n) is 7.04. The van der Waals surface area contributed by atoms with E-state index in [0.29, 0.717) is 13.2 Å². The van der Waals surface area contributed by atoms with Gasteiger partial charge in [-0.3, -0.25) is 9.59 Å². The Morgan fingerprint density at radius 1 is 1.35 bits per heavy atom. The fourth-order valence-corrected chi connectivity index (χ4v) is 4.16. The highest BCUT2D eigenvalue weighted by Gasteiger charge is 2.67. The molecule has 6 heteroatoms. The number of ether oxygens (including phenoxy) is 3. The minimum atomic E-state index is -0.726. The molecule has 4 atom stereocenters. The molecule has 3 heterocycles. The van der Waals surface area contributed by atoms with E-state index in [9.17, 15) is 9.59 Å². The quantitative estimate of drug-likeness (QED) is 0.444. The van der Waals surface area contributed by atoms with Crippen LogP contribution in [0.15, 0.2) is 36.4 Å². The zero-order valence-electron chi connectivity index (χ0n) is 15.0. The van der Waals surface area contributed by atoms with Crippen LogP contribution in [0.3, 0.4) is 0 Å². The van der Waals surface area contributed by atoms with Crippen LogP contribution >= 0.6 is 0 Å². The predicted octanol–water partition coefficient (Wildman–Crippen LogP) is 2.32. The molecule has 1 aromatic carbocycles. The molecule has 3 aliphatic heterocycles. The average Bonchev–Trinajstić information content (AvgIpc) is 3.30. The molecule has 1 amide bonds. The van der Waals surface area contributed by atoms with Crippen LogP contribution in [0.1, 0.15) is 19.8 Å². The fourth-order valence-electron chi connectivity index (χ4n) is 4.16. The first-order valence-corrected chi connectivity index (χ1v) is 9.09. The number of carbonyl (C=O) groups excluding carboxylic acids is 2. The van der Waals surface area contributed by atoms with Crippen molar-refractivity contribution in [2.45, 2.75) is 31.5 Å². The summed E-state index contributed by atoms with van der Waals surface area (Å²) in [5.74, 6) is -0.765. The highest BCUT2D eigenvalue weighted by molar-refractivity contribution is 6.02. The Bertz CT molecular complexity index is 743. The maximum absolute atomic E-state index is 13.1. The number of amides is 1. The van der Waals surface area contributed by atoms with Gasteiger partial charge in [0.25, 0.3) is 0 Å². The lowest BCUT2D eigenvalue weighted by Gasteiger charge is -2.22. The third-order valence-corrected chi connectivity index (χ3v) is 5.50. The number of carbonyl (C=O) groups is 2. The van der Waals surface area contributed by atoms with E-state index in [0.717, 1.165) is 24.3 Å². The van der Waals surface area contributed by atoms with Crippen LogP contribution in [-0.2, 0) is 19.1 Å². The highest BCUT2D eigenvalue weighted by Crippen LogP contribution is 2.52. The first-order valence-electron chi connectivity index (χ1n) is 9.09. The molecule has 3 aliphatic rings. The summed E-state index contributed by atoms with van der Waals surface area (Å²) in [6.45, 7) is 2.84. The fraction of sp³-hybridized carbons (Fsp3) is 0.500. The van der Waals surface area contributed by atoms with Gasteiger partial charge in [0.2, 0.25) is 5.91 Å². The van der Waals surface area contributed by atoms with Gasteiger partial charge in [-0.1, -0.05) is 25.5 Å². The van der Waals surface area contributed by atoms with Gasteiger partial charge in [-0.25, -0.2) is 0 Å². The number of hydrogen-bond donors (Lipinski definition) is 0. The molecule has 6 nitrogen and oxygen atoms in total. The molecule has 1 aromatic rings. The van der Waals surface area contributed by atoms with Crippen LogP contribution in [0.5, 0.6) is 5.75 Å². The van der Waals surface area contributed by atoms with Crippen LogP contribution in [0.2, 0.25) is 0 Å². The Kier molecular flexibility index (Phi) is 4.23. The van der Waals surface area contributed by atoms with E-state index in [1.165, 1.54) is 0 Å². The van der Waals surface area contributed by atoms with Crippen LogP contribution in [0.25, 0.3) is 0 Å². The number of methoxy groups -OCH3 is 1. The highest BCUT2D eigenvalue weighted by atomic mass is 16.6. The van der Waals surface area contributed by atoms with E-state index in [1.807, 2.05) is 43.3 Å². The number of fused-ring (bicyclic) bond motifs is 1. The summed E-state index contributed by atoms with van der Waals surface area (Å²) >= 11 is 0. The van der Waals surface area contributed by atoms with Crippen molar-refractivity contribution >= 4 is 17.6 Å². The van der Waals surface area contributed by atoms with Crippen molar-refractivity contribution in [3.8, 4) is 5.75 Å². The Balaban J connectivity index is 1.57. The van der Waals surface area contributed by atoms with Gasteiger partial charge < -0.3 is 19.1 Å². The number of benzene rings is 1. The molecule has 2 saturated heterocycles. The summed E-state index contributed by atoms with van der Waals surface area (Å²) in [7, 11) is 1.60. The summed E-state index contributed by atoms with van der Waals surface area (Å²) in [6, 6.07) is 7.33. The summed E-state index contributed by atoms with van der Waals surface area (Å²) in [6.07, 6.45) is 5.25. The first kappa shape index (κ1) is 17.1. The smallest absolute Gasteiger partial charge is 0.312 e. The Labute approximate surface area is 152 Å². The molecular formula is C20H23NO5. The summed E-state index contributed by atoms with van der Waals surface area (Å²) in [5.41, 5.74) is 0.0500. The van der Waals surface area contributed by atoms with Crippen molar-refractivity contribution in [1.29, 1.82) is 0 Å². The monoisotopic (exact) mass is 357 g/mol. The van der Waals surface area contributed by atoms with Gasteiger partial charge in [0.05, 0.1) is 32.3 Å². The molecule has 0 N–H and O–H groups in total. The number of anilines is 1. The van der Waals surface area contributed by atoms with E-state index in [-0.39, 0.29) is 18.0 Å². The molecule has 0 unspecified atom stereocenters. The van der Waals surface area contributed by atoms with E-state index in [4.69, 9.17) is 14.2 Å². The van der Waals surface area contributed by atoms with Crippen molar-refractivity contribution < 1.29 is 23.8 Å². The minimum absolute atomic E-state index is 0.0838. The zero-order valence-corrected chi connectivity index (χ0v) is 15.0. The van der Waals surface area contributed by atoms with Crippen molar-refractivity contribution in [2.75, 3.05) is 25.2 Å². The Morgan fingerprint density at radius 2 is 2.12 bits per heavy atom. The van der Waals surface area contributed by atoms with Gasteiger partial charge in [-0.05, 0) is 30.7 Å². The Morgan fingerprint density at radius 3 is 2.81 bits per heavy atom. The summed E-state index contributed by atoms with van der Waals surface area (Å²) in [5, 5.41) is 0. The van der Waals surface area contributed by atoms with Gasteiger partial charge in [-0.2, -0.15) is 0 Å². The predicted molar refractivity (Wildman–Crippen MR) is 94.9 cm³/mol. The van der Waals surface area contributed by atoms with Crippen molar-refractivity contribution in [3.63, 3.8) is 0 Å². The van der Waals surface area contributed by atoms with Gasteiger partial charge in [0.15, 0.2) is 0 Å². The van der Waals surface area contributed by atoms with Crippen molar-refractivity contribution in [2.24, 2.45) is 11.8 Å². The number of rotatable bonds is 6. The molecule has 2 bridgehead atoms. The van der Waals surface area contributed by atoms with Gasteiger partial charge in [0.1, 0.15) is 17.3 Å². The molecule has 1 spiro atoms. The lowest BCUT2D eigenvalue weighted by molar-refractivity contribution is -0.152. The summed E-state index contributed by atoms with van der Waals surface area (Å²) in [4.78, 5) is 27.4. The van der Waals surface area contributed by atoms with Crippen LogP contribution in [0.4, 0.5) is 5.69 Å². The number of unbranched alkanes of at least 4 members (excludes halogenated alkanes) is 1.